The van der Waals surface area contributed by atoms with Crippen LogP contribution in [0.4, 0.5) is 10.2 Å². The molecule has 17 heavy (non-hydrogen) atoms. The maximum atomic E-state index is 12.8. The van der Waals surface area contributed by atoms with Crippen LogP contribution in [0.15, 0.2) is 47.1 Å². The van der Waals surface area contributed by atoms with Gasteiger partial charge in [0.2, 0.25) is 0 Å². The second-order valence-electron chi connectivity index (χ2n) is 3.79. The van der Waals surface area contributed by atoms with E-state index < -0.39 is 0 Å². The van der Waals surface area contributed by atoms with Crippen molar-refractivity contribution in [2.75, 3.05) is 11.9 Å². The highest BCUT2D eigenvalue weighted by atomic mass is 79.9. The number of halogens is 2. The SMILES string of the molecule is CN(Cc1ccc(F)cc1)c1ncccc1Br. The molecule has 2 nitrogen and oxygen atoms in total. The van der Waals surface area contributed by atoms with Crippen LogP contribution in [-0.4, -0.2) is 12.0 Å². The first-order valence-electron chi connectivity index (χ1n) is 5.23. The molecule has 1 aromatic heterocycles. The van der Waals surface area contributed by atoms with Gasteiger partial charge < -0.3 is 4.90 Å². The Labute approximate surface area is 108 Å². The fraction of sp³-hybridized carbons (Fsp3) is 0.154. The third-order valence-corrected chi connectivity index (χ3v) is 3.05. The van der Waals surface area contributed by atoms with Crippen LogP contribution in [-0.2, 0) is 6.54 Å². The topological polar surface area (TPSA) is 16.1 Å². The van der Waals surface area contributed by atoms with Crippen LogP contribution in [0.2, 0.25) is 0 Å². The monoisotopic (exact) mass is 294 g/mol. The van der Waals surface area contributed by atoms with Gasteiger partial charge in [-0.2, -0.15) is 0 Å². The lowest BCUT2D eigenvalue weighted by Gasteiger charge is -2.19. The van der Waals surface area contributed by atoms with Crippen LogP contribution in [0.5, 0.6) is 0 Å². The summed E-state index contributed by atoms with van der Waals surface area (Å²) >= 11 is 3.46. The molecule has 0 bridgehead atoms. The van der Waals surface area contributed by atoms with Crippen molar-refractivity contribution in [2.45, 2.75) is 6.54 Å². The van der Waals surface area contributed by atoms with E-state index in [1.165, 1.54) is 12.1 Å². The quantitative estimate of drug-likeness (QED) is 0.859. The van der Waals surface area contributed by atoms with Gasteiger partial charge in [-0.1, -0.05) is 12.1 Å². The summed E-state index contributed by atoms with van der Waals surface area (Å²) in [7, 11) is 1.95. The zero-order valence-electron chi connectivity index (χ0n) is 9.40. The summed E-state index contributed by atoms with van der Waals surface area (Å²) in [4.78, 5) is 6.31. The Morgan fingerprint density at radius 2 is 1.94 bits per heavy atom. The number of anilines is 1. The lowest BCUT2D eigenvalue weighted by atomic mass is 10.2. The predicted octanol–water partition coefficient (Wildman–Crippen LogP) is 3.62. The standard InChI is InChI=1S/C13H12BrFN2/c1-17(13-12(14)3-2-8-16-13)9-10-4-6-11(15)7-5-10/h2-8H,9H2,1H3. The first-order valence-corrected chi connectivity index (χ1v) is 6.02. The van der Waals surface area contributed by atoms with E-state index >= 15 is 0 Å². The summed E-state index contributed by atoms with van der Waals surface area (Å²) in [6.07, 6.45) is 1.75. The van der Waals surface area contributed by atoms with Crippen LogP contribution in [0.25, 0.3) is 0 Å². The Hall–Kier alpha value is -1.42. The van der Waals surface area contributed by atoms with Crippen LogP contribution in [0.1, 0.15) is 5.56 Å². The van der Waals surface area contributed by atoms with E-state index in [4.69, 9.17) is 0 Å². The summed E-state index contributed by atoms with van der Waals surface area (Å²) < 4.78 is 13.7. The number of pyridine rings is 1. The highest BCUT2D eigenvalue weighted by Gasteiger charge is 2.06. The molecule has 0 saturated heterocycles. The smallest absolute Gasteiger partial charge is 0.142 e. The van der Waals surface area contributed by atoms with E-state index in [0.717, 1.165) is 15.9 Å². The normalized spacial score (nSPS) is 10.3. The van der Waals surface area contributed by atoms with Crippen molar-refractivity contribution in [2.24, 2.45) is 0 Å². The van der Waals surface area contributed by atoms with Gasteiger partial charge in [0, 0.05) is 19.8 Å². The van der Waals surface area contributed by atoms with Crippen molar-refractivity contribution >= 4 is 21.7 Å². The van der Waals surface area contributed by atoms with Gasteiger partial charge in [0.1, 0.15) is 11.6 Å². The van der Waals surface area contributed by atoms with Crippen LogP contribution >= 0.6 is 15.9 Å². The fourth-order valence-corrected chi connectivity index (χ4v) is 2.15. The third kappa shape index (κ3) is 3.03. The summed E-state index contributed by atoms with van der Waals surface area (Å²) in [6, 6.07) is 10.3. The average Bonchev–Trinajstić information content (AvgIpc) is 2.32. The van der Waals surface area contributed by atoms with Crippen molar-refractivity contribution in [3.63, 3.8) is 0 Å². The zero-order valence-corrected chi connectivity index (χ0v) is 11.0. The first kappa shape index (κ1) is 12.0. The number of benzene rings is 1. The molecular formula is C13H12BrFN2. The molecule has 2 aromatic rings. The predicted molar refractivity (Wildman–Crippen MR) is 70.4 cm³/mol. The molecule has 0 radical (unpaired) electrons. The first-order chi connectivity index (χ1) is 8.16. The lowest BCUT2D eigenvalue weighted by molar-refractivity contribution is 0.627. The second kappa shape index (κ2) is 5.27. The molecule has 1 heterocycles. The summed E-state index contributed by atoms with van der Waals surface area (Å²) in [5.74, 6) is 0.659. The van der Waals surface area contributed by atoms with E-state index in [2.05, 4.69) is 20.9 Å². The number of nitrogens with zero attached hydrogens (tertiary/aromatic N) is 2. The molecule has 88 valence electrons. The van der Waals surface area contributed by atoms with Gasteiger partial charge in [-0.15, -0.1) is 0 Å². The second-order valence-corrected chi connectivity index (χ2v) is 4.65. The number of aromatic nitrogens is 1. The molecule has 0 amide bonds. The minimum absolute atomic E-state index is 0.213. The van der Waals surface area contributed by atoms with Gasteiger partial charge in [-0.3, -0.25) is 0 Å². The van der Waals surface area contributed by atoms with Crippen molar-refractivity contribution in [1.29, 1.82) is 0 Å². The maximum Gasteiger partial charge on any atom is 0.142 e. The molecule has 0 spiro atoms. The highest BCUT2D eigenvalue weighted by molar-refractivity contribution is 9.10. The van der Waals surface area contributed by atoms with Crippen molar-refractivity contribution < 1.29 is 4.39 Å². The molecule has 0 saturated carbocycles. The van der Waals surface area contributed by atoms with Crippen LogP contribution in [0.3, 0.4) is 0 Å². The molecular weight excluding hydrogens is 283 g/mol. The third-order valence-electron chi connectivity index (χ3n) is 2.43. The molecule has 0 aliphatic heterocycles. The van der Waals surface area contributed by atoms with Gasteiger partial charge in [-0.05, 0) is 45.8 Å². The molecule has 1 aromatic carbocycles. The molecule has 0 aliphatic rings. The Morgan fingerprint density at radius 3 is 2.59 bits per heavy atom. The number of hydrogen-bond acceptors (Lipinski definition) is 2. The lowest BCUT2D eigenvalue weighted by Crippen LogP contribution is -2.18. The number of hydrogen-bond donors (Lipinski definition) is 0. The van der Waals surface area contributed by atoms with E-state index in [1.807, 2.05) is 24.1 Å². The molecule has 2 rings (SSSR count). The Bertz CT molecular complexity index is 499. The Balaban J connectivity index is 2.14. The van der Waals surface area contributed by atoms with E-state index in [1.54, 1.807) is 18.3 Å². The molecule has 4 heteroatoms. The molecule has 0 atom stereocenters. The largest absolute Gasteiger partial charge is 0.354 e. The average molecular weight is 295 g/mol. The van der Waals surface area contributed by atoms with Gasteiger partial charge >= 0.3 is 0 Å². The summed E-state index contributed by atoms with van der Waals surface area (Å²) in [5.41, 5.74) is 1.05. The van der Waals surface area contributed by atoms with Gasteiger partial charge in [-0.25, -0.2) is 9.37 Å². The fourth-order valence-electron chi connectivity index (χ4n) is 1.60. The van der Waals surface area contributed by atoms with E-state index in [-0.39, 0.29) is 5.82 Å². The van der Waals surface area contributed by atoms with E-state index in [0.29, 0.717) is 6.54 Å². The van der Waals surface area contributed by atoms with Gasteiger partial charge in [0.05, 0.1) is 4.47 Å². The van der Waals surface area contributed by atoms with Gasteiger partial charge in [0.15, 0.2) is 0 Å². The summed E-state index contributed by atoms with van der Waals surface area (Å²) in [6.45, 7) is 0.690. The number of rotatable bonds is 3. The minimum atomic E-state index is -0.213. The highest BCUT2D eigenvalue weighted by Crippen LogP contribution is 2.23. The van der Waals surface area contributed by atoms with Crippen molar-refractivity contribution in [3.8, 4) is 0 Å². The van der Waals surface area contributed by atoms with Crippen LogP contribution < -0.4 is 4.90 Å². The zero-order chi connectivity index (χ0) is 12.3. The van der Waals surface area contributed by atoms with Crippen LogP contribution in [0, 0.1) is 5.82 Å². The summed E-state index contributed by atoms with van der Waals surface area (Å²) in [5, 5.41) is 0. The maximum absolute atomic E-state index is 12.8. The Kier molecular flexibility index (Phi) is 3.74. The minimum Gasteiger partial charge on any atom is -0.354 e. The van der Waals surface area contributed by atoms with E-state index in [9.17, 15) is 4.39 Å². The van der Waals surface area contributed by atoms with Gasteiger partial charge in [0.25, 0.3) is 0 Å². The molecule has 0 fully saturated rings. The van der Waals surface area contributed by atoms with Crippen molar-refractivity contribution in [1.82, 2.24) is 4.98 Å². The van der Waals surface area contributed by atoms with Crippen molar-refractivity contribution in [3.05, 3.63) is 58.4 Å². The molecule has 0 unspecified atom stereocenters. The molecule has 0 N–H and O–H groups in total. The molecule has 0 aliphatic carbocycles. The Morgan fingerprint density at radius 1 is 1.24 bits per heavy atom.